The maximum atomic E-state index is 9.63. The maximum Gasteiger partial charge on any atom is 2.00 e. The van der Waals surface area contributed by atoms with Gasteiger partial charge in [-0.1, -0.05) is 0 Å². The van der Waals surface area contributed by atoms with E-state index in [1.54, 1.807) is 0 Å². The molecule has 0 aliphatic heterocycles. The van der Waals surface area contributed by atoms with Crippen LogP contribution in [0.2, 0.25) is 0 Å². The van der Waals surface area contributed by atoms with Crippen molar-refractivity contribution in [2.45, 2.75) is 0 Å². The van der Waals surface area contributed by atoms with Crippen molar-refractivity contribution in [3.05, 3.63) is 0 Å². The van der Waals surface area contributed by atoms with Crippen LogP contribution in [0.25, 0.3) is 0 Å². The summed E-state index contributed by atoms with van der Waals surface area (Å²) in [6.07, 6.45) is 0. The zero-order chi connectivity index (χ0) is 15.4. The van der Waals surface area contributed by atoms with Crippen LogP contribution >= 0.6 is 31.3 Å². The SMILES string of the molecule is O=P(O)(O)OP(=O)(O)O.O=P([O-])([O-])OP(=O)([O-])O.[Ca+2].[Na+]. The average Bonchev–Trinajstić information content (AvgIpc) is 1.64. The van der Waals surface area contributed by atoms with E-state index >= 15 is 0 Å². The van der Waals surface area contributed by atoms with Crippen LogP contribution in [-0.4, -0.2) is 62.2 Å². The molecule has 0 aromatic rings. The molecule has 0 aromatic heterocycles. The first kappa shape index (κ1) is 30.6. The smallest absolute Gasteiger partial charge is 0.790 e. The largest absolute Gasteiger partial charge is 2.00 e. The predicted octanol–water partition coefficient (Wildman–Crippen LogP) is -6.90. The van der Waals surface area contributed by atoms with Crippen LogP contribution in [0.1, 0.15) is 0 Å². The summed E-state index contributed by atoms with van der Waals surface area (Å²) in [7, 11) is -21.1. The van der Waals surface area contributed by atoms with Crippen molar-refractivity contribution in [3.63, 3.8) is 0 Å². The molecule has 0 bridgehead atoms. The summed E-state index contributed by atoms with van der Waals surface area (Å²) >= 11 is 0. The van der Waals surface area contributed by atoms with Crippen molar-refractivity contribution < 1.29 is 95.6 Å². The van der Waals surface area contributed by atoms with Gasteiger partial charge in [0, 0.05) is 0 Å². The van der Waals surface area contributed by atoms with Gasteiger partial charge in [0.1, 0.15) is 0 Å². The molecule has 0 fully saturated rings. The molecule has 0 amide bonds. The van der Waals surface area contributed by atoms with Crippen molar-refractivity contribution in [1.29, 1.82) is 0 Å². The van der Waals surface area contributed by atoms with E-state index in [9.17, 15) is 32.9 Å². The normalized spacial score (nSPS) is 14.8. The quantitative estimate of drug-likeness (QED) is 0.211. The molecule has 1 unspecified atom stereocenters. The fraction of sp³-hybridized carbons (Fsp3) is 0. The number of rotatable bonds is 4. The van der Waals surface area contributed by atoms with Gasteiger partial charge < -0.3 is 43.7 Å². The summed E-state index contributed by atoms with van der Waals surface area (Å²) in [5.41, 5.74) is 0. The van der Waals surface area contributed by atoms with Crippen molar-refractivity contribution in [2.75, 3.05) is 0 Å². The molecule has 0 saturated carbocycles. The molecule has 0 spiro atoms. The van der Waals surface area contributed by atoms with Crippen LogP contribution in [0.15, 0.2) is 0 Å². The number of hydrogen-bond acceptors (Lipinski definition) is 9. The van der Waals surface area contributed by atoms with Gasteiger partial charge in [-0.15, -0.1) is 0 Å². The summed E-state index contributed by atoms with van der Waals surface area (Å²) in [4.78, 5) is 66.7. The zero-order valence-corrected chi connectivity index (χ0v) is 17.2. The Morgan fingerprint density at radius 3 is 0.950 bits per heavy atom. The summed E-state index contributed by atoms with van der Waals surface area (Å²) in [6, 6.07) is 0. The second-order valence-corrected chi connectivity index (χ2v) is 7.16. The van der Waals surface area contributed by atoms with E-state index in [1.165, 1.54) is 0 Å². The maximum absolute atomic E-state index is 9.63. The van der Waals surface area contributed by atoms with Crippen molar-refractivity contribution in [2.24, 2.45) is 0 Å². The van der Waals surface area contributed by atoms with E-state index in [4.69, 9.17) is 24.5 Å². The fourth-order valence-electron chi connectivity index (χ4n) is 0.265. The Balaban J connectivity index is -0.000000116. The van der Waals surface area contributed by atoms with Crippen LogP contribution < -0.4 is 44.2 Å². The number of phosphoric acid groups is 4. The van der Waals surface area contributed by atoms with Crippen LogP contribution in [-0.2, 0) is 26.9 Å². The molecule has 14 nitrogen and oxygen atoms in total. The first-order valence-corrected chi connectivity index (χ1v) is 9.02. The second-order valence-electron chi connectivity index (χ2n) is 2.06. The Hall–Kier alpha value is 2.78. The van der Waals surface area contributed by atoms with Crippen molar-refractivity contribution in [3.8, 4) is 0 Å². The molecule has 20 heteroatoms. The Morgan fingerprint density at radius 2 is 0.950 bits per heavy atom. The van der Waals surface area contributed by atoms with Gasteiger partial charge in [0.25, 0.3) is 7.82 Å². The Labute approximate surface area is 163 Å². The minimum Gasteiger partial charge on any atom is -0.790 e. The van der Waals surface area contributed by atoms with Crippen LogP contribution in [0.5, 0.6) is 0 Å². The Morgan fingerprint density at radius 1 is 0.700 bits per heavy atom. The summed E-state index contributed by atoms with van der Waals surface area (Å²) in [5, 5.41) is 0. The fourth-order valence-corrected chi connectivity index (χ4v) is 2.38. The average molecular weight is 416 g/mol. The van der Waals surface area contributed by atoms with E-state index in [0.29, 0.717) is 0 Å². The van der Waals surface area contributed by atoms with Crippen LogP contribution in [0.3, 0.4) is 0 Å². The second kappa shape index (κ2) is 11.4. The summed E-state index contributed by atoms with van der Waals surface area (Å²) in [6.45, 7) is 0. The number of hydrogen-bond donors (Lipinski definition) is 5. The van der Waals surface area contributed by atoms with E-state index in [2.05, 4.69) is 8.62 Å². The topological polar surface area (TPSA) is 257 Å². The predicted molar refractivity (Wildman–Crippen MR) is 49.4 cm³/mol. The van der Waals surface area contributed by atoms with Crippen molar-refractivity contribution in [1.82, 2.24) is 0 Å². The van der Waals surface area contributed by atoms with Gasteiger partial charge in [-0.3, -0.25) is 8.88 Å². The molecule has 0 aromatic carbocycles. The zero-order valence-electron chi connectivity index (χ0n) is 9.41. The molecule has 5 N–H and O–H groups in total. The molecule has 0 radical (unpaired) electrons. The van der Waals surface area contributed by atoms with Crippen molar-refractivity contribution >= 4 is 69.0 Å². The van der Waals surface area contributed by atoms with Gasteiger partial charge in [-0.05, 0) is 0 Å². The van der Waals surface area contributed by atoms with Gasteiger partial charge in [0.2, 0.25) is 0 Å². The Kier molecular flexibility index (Phi) is 17.4. The molecule has 0 saturated heterocycles. The van der Waals surface area contributed by atoms with E-state index in [-0.39, 0.29) is 67.3 Å². The molecule has 112 valence electrons. The summed E-state index contributed by atoms with van der Waals surface area (Å²) in [5.74, 6) is 0. The van der Waals surface area contributed by atoms with Crippen LogP contribution in [0.4, 0.5) is 0 Å². The van der Waals surface area contributed by atoms with Crippen LogP contribution in [0, 0.1) is 0 Å². The molecular formula is H5CaNaO14P4. The molecular weight excluding hydrogens is 411 g/mol. The molecule has 0 rings (SSSR count). The van der Waals surface area contributed by atoms with Gasteiger partial charge in [-0.25, -0.2) is 9.13 Å². The third-order valence-electron chi connectivity index (χ3n) is 0.416. The standard InChI is InChI=1S/Ca.Na.2H4O7P2/c;;2*1-8(2,3)7-9(4,5)6/h;;2*(H2,1,2,3)(H2,4,5,6)/q+2;+1;;/p-3. The van der Waals surface area contributed by atoms with Gasteiger partial charge in [0.15, 0.2) is 0 Å². The third kappa shape index (κ3) is 37.2. The molecule has 0 aliphatic rings. The minimum atomic E-state index is -5.61. The van der Waals surface area contributed by atoms with Gasteiger partial charge >= 0.3 is 82.9 Å². The molecule has 1 atom stereocenters. The first-order valence-electron chi connectivity index (χ1n) is 3.01. The summed E-state index contributed by atoms with van der Waals surface area (Å²) < 4.78 is 43.6. The van der Waals surface area contributed by atoms with Gasteiger partial charge in [0.05, 0.1) is 7.82 Å². The van der Waals surface area contributed by atoms with E-state index < -0.39 is 31.3 Å². The molecule has 0 aliphatic carbocycles. The Bertz CT molecular complexity index is 348. The third-order valence-corrected chi connectivity index (χ3v) is 3.74. The monoisotopic (exact) mass is 416 g/mol. The van der Waals surface area contributed by atoms with E-state index in [1.807, 2.05) is 0 Å². The minimum absolute atomic E-state index is 0. The first-order chi connectivity index (χ1) is 7.41. The molecule has 20 heavy (non-hydrogen) atoms. The molecule has 0 heterocycles. The van der Waals surface area contributed by atoms with E-state index in [0.717, 1.165) is 0 Å². The van der Waals surface area contributed by atoms with Gasteiger partial charge in [-0.2, -0.15) is 4.31 Å².